The number of anilines is 1. The van der Waals surface area contributed by atoms with Crippen molar-refractivity contribution in [2.75, 3.05) is 18.0 Å². The van der Waals surface area contributed by atoms with Gasteiger partial charge in [0.05, 0.1) is 10.7 Å². The lowest BCUT2D eigenvalue weighted by Gasteiger charge is -2.32. The third-order valence-corrected chi connectivity index (χ3v) is 3.33. The first-order valence-electron chi connectivity index (χ1n) is 5.12. The molecule has 1 aliphatic rings. The Labute approximate surface area is 100.0 Å². The molecule has 0 bridgehead atoms. The highest BCUT2D eigenvalue weighted by molar-refractivity contribution is 6.36. The Bertz CT molecular complexity index is 346. The molecule has 0 unspecified atom stereocenters. The summed E-state index contributed by atoms with van der Waals surface area (Å²) < 4.78 is 0. The Balaban J connectivity index is 2.15. The van der Waals surface area contributed by atoms with Gasteiger partial charge in [-0.2, -0.15) is 0 Å². The van der Waals surface area contributed by atoms with Gasteiger partial charge in [0.2, 0.25) is 0 Å². The molecular weight excluding hydrogens is 231 g/mol. The minimum absolute atomic E-state index is 0.340. The number of nitrogens with zero attached hydrogens (tertiary/aromatic N) is 1. The summed E-state index contributed by atoms with van der Waals surface area (Å²) in [5, 5.41) is 1.40. The van der Waals surface area contributed by atoms with E-state index < -0.39 is 0 Å². The van der Waals surface area contributed by atoms with Crippen LogP contribution in [0.4, 0.5) is 5.69 Å². The van der Waals surface area contributed by atoms with Crippen LogP contribution < -0.4 is 10.6 Å². The lowest BCUT2D eigenvalue weighted by atomic mass is 10.1. The maximum Gasteiger partial charge on any atom is 0.0654 e. The fourth-order valence-electron chi connectivity index (χ4n) is 1.88. The molecule has 82 valence electrons. The smallest absolute Gasteiger partial charge is 0.0654 e. The molecular formula is C11H14Cl2N2. The SMILES string of the molecule is NC1CCN(c2ccc(Cl)cc2Cl)CC1. The van der Waals surface area contributed by atoms with Crippen molar-refractivity contribution in [3.8, 4) is 0 Å². The molecule has 0 spiro atoms. The molecule has 0 aromatic heterocycles. The Kier molecular flexibility index (Phi) is 3.39. The van der Waals surface area contributed by atoms with E-state index in [0.717, 1.165) is 36.6 Å². The summed E-state index contributed by atoms with van der Waals surface area (Å²) in [7, 11) is 0. The van der Waals surface area contributed by atoms with Crippen LogP contribution in [0.1, 0.15) is 12.8 Å². The highest BCUT2D eigenvalue weighted by Gasteiger charge is 2.17. The molecule has 0 aliphatic carbocycles. The molecule has 1 heterocycles. The van der Waals surface area contributed by atoms with E-state index in [0.29, 0.717) is 11.1 Å². The fraction of sp³-hybridized carbons (Fsp3) is 0.455. The largest absolute Gasteiger partial charge is 0.370 e. The van der Waals surface area contributed by atoms with E-state index in [2.05, 4.69) is 4.90 Å². The zero-order valence-corrected chi connectivity index (χ0v) is 9.93. The molecule has 1 aromatic carbocycles. The summed E-state index contributed by atoms with van der Waals surface area (Å²) in [6, 6.07) is 5.97. The number of rotatable bonds is 1. The van der Waals surface area contributed by atoms with Crippen molar-refractivity contribution < 1.29 is 0 Å². The van der Waals surface area contributed by atoms with Crippen molar-refractivity contribution in [3.63, 3.8) is 0 Å². The average Bonchev–Trinajstić information content (AvgIpc) is 2.20. The molecule has 2 N–H and O–H groups in total. The first-order valence-corrected chi connectivity index (χ1v) is 5.88. The summed E-state index contributed by atoms with van der Waals surface area (Å²) in [5.74, 6) is 0. The number of hydrogen-bond donors (Lipinski definition) is 1. The molecule has 1 aromatic rings. The van der Waals surface area contributed by atoms with E-state index in [1.54, 1.807) is 6.07 Å². The van der Waals surface area contributed by atoms with E-state index in [9.17, 15) is 0 Å². The van der Waals surface area contributed by atoms with Crippen molar-refractivity contribution in [1.29, 1.82) is 0 Å². The topological polar surface area (TPSA) is 29.3 Å². The second-order valence-corrected chi connectivity index (χ2v) is 4.76. The average molecular weight is 245 g/mol. The van der Waals surface area contributed by atoms with Gasteiger partial charge in [-0.3, -0.25) is 0 Å². The fourth-order valence-corrected chi connectivity index (χ4v) is 2.41. The van der Waals surface area contributed by atoms with Gasteiger partial charge in [0.25, 0.3) is 0 Å². The molecule has 2 rings (SSSR count). The standard InChI is InChI=1S/C11H14Cl2N2/c12-8-1-2-11(10(13)7-8)15-5-3-9(14)4-6-15/h1-2,7,9H,3-6,14H2. The summed E-state index contributed by atoms with van der Waals surface area (Å²) in [5.41, 5.74) is 6.92. The van der Waals surface area contributed by atoms with E-state index in [4.69, 9.17) is 28.9 Å². The number of nitrogens with two attached hydrogens (primary N) is 1. The van der Waals surface area contributed by atoms with E-state index in [-0.39, 0.29) is 0 Å². The molecule has 0 atom stereocenters. The van der Waals surface area contributed by atoms with Gasteiger partial charge in [-0.25, -0.2) is 0 Å². The van der Waals surface area contributed by atoms with Crippen molar-refractivity contribution in [2.45, 2.75) is 18.9 Å². The maximum absolute atomic E-state index is 6.14. The molecule has 0 saturated carbocycles. The molecule has 15 heavy (non-hydrogen) atoms. The lowest BCUT2D eigenvalue weighted by molar-refractivity contribution is 0.501. The molecule has 2 nitrogen and oxygen atoms in total. The summed E-state index contributed by atoms with van der Waals surface area (Å²) in [6.07, 6.45) is 2.05. The highest BCUT2D eigenvalue weighted by atomic mass is 35.5. The second-order valence-electron chi connectivity index (χ2n) is 3.92. The minimum atomic E-state index is 0.340. The Morgan fingerprint density at radius 2 is 1.87 bits per heavy atom. The predicted octanol–water partition coefficient (Wildman–Crippen LogP) is 2.92. The monoisotopic (exact) mass is 244 g/mol. The number of piperidine rings is 1. The van der Waals surface area contributed by atoms with Crippen LogP contribution in [0.3, 0.4) is 0 Å². The highest BCUT2D eigenvalue weighted by Crippen LogP contribution is 2.30. The summed E-state index contributed by atoms with van der Waals surface area (Å²) >= 11 is 12.0. The molecule has 0 radical (unpaired) electrons. The molecule has 0 amide bonds. The van der Waals surface area contributed by atoms with Crippen LogP contribution >= 0.6 is 23.2 Å². The van der Waals surface area contributed by atoms with Gasteiger partial charge in [-0.05, 0) is 31.0 Å². The maximum atomic E-state index is 6.14. The van der Waals surface area contributed by atoms with Gasteiger partial charge in [0.15, 0.2) is 0 Å². The van der Waals surface area contributed by atoms with Crippen LogP contribution in [0.15, 0.2) is 18.2 Å². The van der Waals surface area contributed by atoms with Crippen molar-refractivity contribution in [2.24, 2.45) is 5.73 Å². The Morgan fingerprint density at radius 3 is 2.47 bits per heavy atom. The first kappa shape index (κ1) is 11.1. The second kappa shape index (κ2) is 4.60. The van der Waals surface area contributed by atoms with Crippen LogP contribution in [0.2, 0.25) is 10.0 Å². The predicted molar refractivity (Wildman–Crippen MR) is 65.9 cm³/mol. The third-order valence-electron chi connectivity index (χ3n) is 2.79. The van der Waals surface area contributed by atoms with Crippen molar-refractivity contribution in [3.05, 3.63) is 28.2 Å². The number of hydrogen-bond acceptors (Lipinski definition) is 2. The normalized spacial score (nSPS) is 18.2. The quantitative estimate of drug-likeness (QED) is 0.824. The van der Waals surface area contributed by atoms with Crippen molar-refractivity contribution >= 4 is 28.9 Å². The van der Waals surface area contributed by atoms with Crippen LogP contribution in [0.5, 0.6) is 0 Å². The molecule has 4 heteroatoms. The van der Waals surface area contributed by atoms with E-state index in [1.807, 2.05) is 12.1 Å². The van der Waals surface area contributed by atoms with Gasteiger partial charge in [0, 0.05) is 24.2 Å². The van der Waals surface area contributed by atoms with Crippen LogP contribution in [-0.2, 0) is 0 Å². The molecule has 1 saturated heterocycles. The number of benzene rings is 1. The summed E-state index contributed by atoms with van der Waals surface area (Å²) in [6.45, 7) is 1.95. The zero-order valence-electron chi connectivity index (χ0n) is 8.42. The van der Waals surface area contributed by atoms with Crippen LogP contribution in [0.25, 0.3) is 0 Å². The van der Waals surface area contributed by atoms with Crippen LogP contribution in [0, 0.1) is 0 Å². The first-order chi connectivity index (χ1) is 7.16. The van der Waals surface area contributed by atoms with Gasteiger partial charge in [0.1, 0.15) is 0 Å². The third kappa shape index (κ3) is 2.57. The van der Waals surface area contributed by atoms with Crippen LogP contribution in [-0.4, -0.2) is 19.1 Å². The Hall–Kier alpha value is -0.440. The van der Waals surface area contributed by atoms with Crippen molar-refractivity contribution in [1.82, 2.24) is 0 Å². The number of halogens is 2. The zero-order chi connectivity index (χ0) is 10.8. The van der Waals surface area contributed by atoms with E-state index in [1.165, 1.54) is 0 Å². The van der Waals surface area contributed by atoms with Gasteiger partial charge >= 0.3 is 0 Å². The summed E-state index contributed by atoms with van der Waals surface area (Å²) in [4.78, 5) is 2.27. The molecule has 1 aliphatic heterocycles. The van der Waals surface area contributed by atoms with Gasteiger partial charge in [-0.15, -0.1) is 0 Å². The minimum Gasteiger partial charge on any atom is -0.370 e. The molecule has 1 fully saturated rings. The van der Waals surface area contributed by atoms with Gasteiger partial charge < -0.3 is 10.6 Å². The lowest BCUT2D eigenvalue weighted by Crippen LogP contribution is -2.39. The Morgan fingerprint density at radius 1 is 1.20 bits per heavy atom. The van der Waals surface area contributed by atoms with E-state index >= 15 is 0 Å². The van der Waals surface area contributed by atoms with Gasteiger partial charge in [-0.1, -0.05) is 23.2 Å².